The number of phenolic OH excluding ortho intramolecular Hbond substituents is 1. The first-order valence-corrected chi connectivity index (χ1v) is 6.90. The molecule has 0 bridgehead atoms. The quantitative estimate of drug-likeness (QED) is 0.853. The summed E-state index contributed by atoms with van der Waals surface area (Å²) in [4.78, 5) is 12.9. The molecule has 0 aliphatic heterocycles. The van der Waals surface area contributed by atoms with E-state index in [1.165, 1.54) is 0 Å². The first-order valence-electron chi connectivity index (χ1n) is 6.90. The number of para-hydroxylation sites is 1. The first kappa shape index (κ1) is 14.9. The van der Waals surface area contributed by atoms with Crippen molar-refractivity contribution in [1.82, 2.24) is 0 Å². The van der Waals surface area contributed by atoms with Crippen LogP contribution in [0.4, 0.5) is 5.69 Å². The molecule has 0 amide bonds. The maximum absolute atomic E-state index is 10.9. The second-order valence-corrected chi connectivity index (χ2v) is 4.94. The maximum atomic E-state index is 10.9. The molecule has 2 aromatic carbocycles. The van der Waals surface area contributed by atoms with Crippen molar-refractivity contribution in [2.24, 2.45) is 0 Å². The van der Waals surface area contributed by atoms with E-state index < -0.39 is 5.97 Å². The first-order chi connectivity index (χ1) is 10.1. The van der Waals surface area contributed by atoms with Crippen LogP contribution >= 0.6 is 0 Å². The summed E-state index contributed by atoms with van der Waals surface area (Å²) in [5, 5.41) is 18.6. The van der Waals surface area contributed by atoms with Gasteiger partial charge in [0, 0.05) is 12.2 Å². The highest BCUT2D eigenvalue weighted by molar-refractivity contribution is 5.67. The molecule has 4 nitrogen and oxygen atoms in total. The van der Waals surface area contributed by atoms with Crippen molar-refractivity contribution in [2.75, 3.05) is 11.4 Å². The Hall–Kier alpha value is -2.49. The van der Waals surface area contributed by atoms with Gasteiger partial charge in [0.15, 0.2) is 0 Å². The van der Waals surface area contributed by atoms with Crippen LogP contribution in [-0.2, 0) is 4.79 Å². The zero-order chi connectivity index (χ0) is 15.2. The van der Waals surface area contributed by atoms with Crippen LogP contribution in [0, 0.1) is 0 Å². The van der Waals surface area contributed by atoms with Gasteiger partial charge < -0.3 is 15.1 Å². The minimum absolute atomic E-state index is 0.0288. The molecule has 2 N–H and O–H groups in total. The highest BCUT2D eigenvalue weighted by Crippen LogP contribution is 2.28. The molecular weight excluding hydrogens is 266 g/mol. The Morgan fingerprint density at radius 1 is 1.14 bits per heavy atom. The van der Waals surface area contributed by atoms with Crippen molar-refractivity contribution in [2.45, 2.75) is 19.4 Å². The van der Waals surface area contributed by atoms with Gasteiger partial charge in [-0.25, -0.2) is 0 Å². The van der Waals surface area contributed by atoms with Gasteiger partial charge in [0.1, 0.15) is 5.75 Å². The Balaban J connectivity index is 2.28. The Bertz CT molecular complexity index is 598. The molecule has 0 heterocycles. The fraction of sp³-hybridized carbons (Fsp3) is 0.235. The summed E-state index contributed by atoms with van der Waals surface area (Å²) in [6.45, 7) is 2.42. The fourth-order valence-corrected chi connectivity index (χ4v) is 2.35. The van der Waals surface area contributed by atoms with Gasteiger partial charge in [0.2, 0.25) is 0 Å². The molecule has 0 aromatic heterocycles. The lowest BCUT2D eigenvalue weighted by Crippen LogP contribution is -2.29. The standard InChI is InChI=1S/C17H19NO3/c1-13(14-6-5-9-16(19)12-14)18(11-10-17(20)21)15-7-3-2-4-8-15/h2-9,12-13,19H,10-11H2,1H3,(H,20,21). The molecule has 21 heavy (non-hydrogen) atoms. The van der Waals surface area contributed by atoms with Crippen LogP contribution in [0.1, 0.15) is 24.9 Å². The number of aromatic hydroxyl groups is 1. The SMILES string of the molecule is CC(c1cccc(O)c1)N(CCC(=O)O)c1ccccc1. The Kier molecular flexibility index (Phi) is 4.82. The minimum atomic E-state index is -0.820. The van der Waals surface area contributed by atoms with Crippen molar-refractivity contribution in [3.63, 3.8) is 0 Å². The van der Waals surface area contributed by atoms with Crippen LogP contribution in [0.3, 0.4) is 0 Å². The van der Waals surface area contributed by atoms with Crippen molar-refractivity contribution >= 4 is 11.7 Å². The average molecular weight is 285 g/mol. The molecule has 0 radical (unpaired) electrons. The predicted octanol–water partition coefficient (Wildman–Crippen LogP) is 3.43. The Morgan fingerprint density at radius 2 is 1.86 bits per heavy atom. The van der Waals surface area contributed by atoms with E-state index in [1.54, 1.807) is 18.2 Å². The molecule has 4 heteroatoms. The van der Waals surface area contributed by atoms with Crippen LogP contribution < -0.4 is 4.90 Å². The summed E-state index contributed by atoms with van der Waals surface area (Å²) in [5.41, 5.74) is 1.92. The zero-order valence-corrected chi connectivity index (χ0v) is 11.9. The van der Waals surface area contributed by atoms with E-state index in [0.29, 0.717) is 6.54 Å². The van der Waals surface area contributed by atoms with Crippen LogP contribution in [0.2, 0.25) is 0 Å². The average Bonchev–Trinajstić information content (AvgIpc) is 2.48. The van der Waals surface area contributed by atoms with Gasteiger partial charge in [-0.1, -0.05) is 30.3 Å². The predicted molar refractivity (Wildman–Crippen MR) is 82.6 cm³/mol. The number of carbonyl (C=O) groups is 1. The molecule has 2 rings (SSSR count). The summed E-state index contributed by atoms with van der Waals surface area (Å²) in [6, 6.07) is 16.7. The third kappa shape index (κ3) is 3.99. The lowest BCUT2D eigenvalue weighted by Gasteiger charge is -2.31. The molecule has 2 aromatic rings. The van der Waals surface area contributed by atoms with E-state index in [2.05, 4.69) is 0 Å². The number of carboxylic acids is 1. The van der Waals surface area contributed by atoms with Crippen LogP contribution in [0.5, 0.6) is 5.75 Å². The van der Waals surface area contributed by atoms with E-state index in [-0.39, 0.29) is 18.2 Å². The van der Waals surface area contributed by atoms with Gasteiger partial charge in [-0.3, -0.25) is 4.79 Å². The van der Waals surface area contributed by atoms with Gasteiger partial charge in [0.05, 0.1) is 12.5 Å². The highest BCUT2D eigenvalue weighted by Gasteiger charge is 2.17. The molecule has 1 unspecified atom stereocenters. The number of hydrogen-bond donors (Lipinski definition) is 2. The van der Waals surface area contributed by atoms with Gasteiger partial charge >= 0.3 is 5.97 Å². The Morgan fingerprint density at radius 3 is 2.48 bits per heavy atom. The molecule has 1 atom stereocenters. The van der Waals surface area contributed by atoms with Gasteiger partial charge in [-0.2, -0.15) is 0 Å². The largest absolute Gasteiger partial charge is 0.508 e. The normalized spacial score (nSPS) is 11.9. The van der Waals surface area contributed by atoms with Crippen molar-refractivity contribution in [1.29, 1.82) is 0 Å². The number of nitrogens with zero attached hydrogens (tertiary/aromatic N) is 1. The lowest BCUT2D eigenvalue weighted by atomic mass is 10.1. The summed E-state index contributed by atoms with van der Waals surface area (Å²) >= 11 is 0. The Labute approximate surface area is 124 Å². The van der Waals surface area contributed by atoms with E-state index in [4.69, 9.17) is 5.11 Å². The molecule has 0 spiro atoms. The number of carboxylic acid groups (broad SMARTS) is 1. The topological polar surface area (TPSA) is 60.8 Å². The number of rotatable bonds is 6. The molecule has 0 aliphatic carbocycles. The number of benzene rings is 2. The van der Waals surface area contributed by atoms with Crippen molar-refractivity contribution in [3.8, 4) is 5.75 Å². The monoisotopic (exact) mass is 285 g/mol. The fourth-order valence-electron chi connectivity index (χ4n) is 2.35. The molecular formula is C17H19NO3. The van der Waals surface area contributed by atoms with Gasteiger partial charge in [-0.15, -0.1) is 0 Å². The van der Waals surface area contributed by atoms with E-state index in [0.717, 1.165) is 11.3 Å². The second kappa shape index (κ2) is 6.79. The zero-order valence-electron chi connectivity index (χ0n) is 11.9. The van der Waals surface area contributed by atoms with E-state index in [9.17, 15) is 9.90 Å². The van der Waals surface area contributed by atoms with Crippen LogP contribution in [0.25, 0.3) is 0 Å². The van der Waals surface area contributed by atoms with Crippen LogP contribution in [0.15, 0.2) is 54.6 Å². The molecule has 0 saturated carbocycles. The third-order valence-corrected chi connectivity index (χ3v) is 3.47. The molecule has 0 aliphatic rings. The number of aliphatic carboxylic acids is 1. The van der Waals surface area contributed by atoms with Crippen molar-refractivity contribution < 1.29 is 15.0 Å². The minimum Gasteiger partial charge on any atom is -0.508 e. The smallest absolute Gasteiger partial charge is 0.305 e. The lowest BCUT2D eigenvalue weighted by molar-refractivity contribution is -0.136. The molecule has 110 valence electrons. The summed E-state index contributed by atoms with van der Waals surface area (Å²) in [7, 11) is 0. The number of anilines is 1. The highest BCUT2D eigenvalue weighted by atomic mass is 16.4. The summed E-state index contributed by atoms with van der Waals surface area (Å²) in [5.74, 6) is -0.607. The van der Waals surface area contributed by atoms with Crippen LogP contribution in [-0.4, -0.2) is 22.7 Å². The number of phenols is 1. The second-order valence-electron chi connectivity index (χ2n) is 4.94. The summed E-state index contributed by atoms with van der Waals surface area (Å²) in [6.07, 6.45) is 0.0675. The summed E-state index contributed by atoms with van der Waals surface area (Å²) < 4.78 is 0. The number of hydrogen-bond acceptors (Lipinski definition) is 3. The van der Waals surface area contributed by atoms with Gasteiger partial charge in [0.25, 0.3) is 0 Å². The van der Waals surface area contributed by atoms with Gasteiger partial charge in [-0.05, 0) is 36.8 Å². The third-order valence-electron chi connectivity index (χ3n) is 3.47. The maximum Gasteiger partial charge on any atom is 0.305 e. The van der Waals surface area contributed by atoms with Crippen molar-refractivity contribution in [3.05, 3.63) is 60.2 Å². The van der Waals surface area contributed by atoms with E-state index in [1.807, 2.05) is 48.2 Å². The molecule has 0 saturated heterocycles. The molecule has 0 fully saturated rings. The van der Waals surface area contributed by atoms with E-state index >= 15 is 0 Å².